The molecule has 3 nitrogen and oxygen atoms in total. The molecule has 0 amide bonds. The first-order chi connectivity index (χ1) is 9.15. The standard InChI is InChI=1S/C16H29N3/c1-3-14-7-11-19(12-8-14)10-4-9-16(2,13-17)18-15-5-6-15/h14-15,18H,3-12H2,1-2H3. The lowest BCUT2D eigenvalue weighted by molar-refractivity contribution is 0.175. The van der Waals surface area contributed by atoms with Gasteiger partial charge in [0.1, 0.15) is 5.54 Å². The van der Waals surface area contributed by atoms with E-state index in [4.69, 9.17) is 0 Å². The molecule has 0 bridgehead atoms. The van der Waals surface area contributed by atoms with Gasteiger partial charge in [0.2, 0.25) is 0 Å². The maximum absolute atomic E-state index is 9.34. The highest BCUT2D eigenvalue weighted by Crippen LogP contribution is 2.25. The monoisotopic (exact) mass is 263 g/mol. The molecule has 19 heavy (non-hydrogen) atoms. The molecule has 2 aliphatic rings. The summed E-state index contributed by atoms with van der Waals surface area (Å²) < 4.78 is 0. The van der Waals surface area contributed by atoms with Crippen LogP contribution in [0.3, 0.4) is 0 Å². The zero-order valence-electron chi connectivity index (χ0n) is 12.6. The van der Waals surface area contributed by atoms with Crippen LogP contribution in [0.5, 0.6) is 0 Å². The van der Waals surface area contributed by atoms with Gasteiger partial charge in [0.05, 0.1) is 6.07 Å². The molecule has 0 aromatic rings. The number of nitrogens with zero attached hydrogens (tertiary/aromatic N) is 2. The number of hydrogen-bond donors (Lipinski definition) is 1. The Hall–Kier alpha value is -0.590. The first-order valence-electron chi connectivity index (χ1n) is 8.06. The Morgan fingerprint density at radius 3 is 2.47 bits per heavy atom. The summed E-state index contributed by atoms with van der Waals surface area (Å²) in [7, 11) is 0. The maximum atomic E-state index is 9.34. The third-order valence-corrected chi connectivity index (χ3v) is 4.78. The minimum absolute atomic E-state index is 0.303. The highest BCUT2D eigenvalue weighted by molar-refractivity contribution is 5.07. The number of likely N-dealkylation sites (tertiary alicyclic amines) is 1. The molecule has 0 aromatic heterocycles. The van der Waals surface area contributed by atoms with Gasteiger partial charge in [-0.05, 0) is 71.0 Å². The topological polar surface area (TPSA) is 39.1 Å². The van der Waals surface area contributed by atoms with Gasteiger partial charge < -0.3 is 4.90 Å². The van der Waals surface area contributed by atoms with E-state index < -0.39 is 0 Å². The predicted octanol–water partition coefficient (Wildman–Crippen LogP) is 2.92. The molecule has 3 heteroatoms. The fourth-order valence-corrected chi connectivity index (χ4v) is 3.11. The number of piperidine rings is 1. The van der Waals surface area contributed by atoms with E-state index in [1.165, 1.54) is 51.7 Å². The lowest BCUT2D eigenvalue weighted by Gasteiger charge is -2.32. The van der Waals surface area contributed by atoms with Crippen molar-refractivity contribution in [3.8, 4) is 6.07 Å². The Balaban J connectivity index is 1.64. The van der Waals surface area contributed by atoms with Gasteiger partial charge in [-0.2, -0.15) is 5.26 Å². The molecule has 1 heterocycles. The van der Waals surface area contributed by atoms with Gasteiger partial charge in [-0.25, -0.2) is 0 Å². The van der Waals surface area contributed by atoms with Crippen molar-refractivity contribution in [3.63, 3.8) is 0 Å². The molecular formula is C16H29N3. The molecule has 0 spiro atoms. The van der Waals surface area contributed by atoms with Crippen LogP contribution in [0, 0.1) is 17.2 Å². The first kappa shape index (κ1) is 14.8. The Bertz CT molecular complexity index is 310. The van der Waals surface area contributed by atoms with Crippen LogP contribution in [-0.2, 0) is 0 Å². The fourth-order valence-electron chi connectivity index (χ4n) is 3.11. The molecule has 108 valence electrons. The lowest BCUT2D eigenvalue weighted by Crippen LogP contribution is -2.43. The van der Waals surface area contributed by atoms with E-state index in [1.807, 2.05) is 0 Å². The third kappa shape index (κ3) is 4.78. The van der Waals surface area contributed by atoms with E-state index in [-0.39, 0.29) is 5.54 Å². The van der Waals surface area contributed by atoms with Crippen molar-refractivity contribution in [1.29, 1.82) is 5.26 Å². The normalized spacial score (nSPS) is 24.9. The first-order valence-corrected chi connectivity index (χ1v) is 8.06. The van der Waals surface area contributed by atoms with E-state index >= 15 is 0 Å². The lowest BCUT2D eigenvalue weighted by atomic mass is 9.93. The van der Waals surface area contributed by atoms with Crippen molar-refractivity contribution < 1.29 is 0 Å². The highest BCUT2D eigenvalue weighted by Gasteiger charge is 2.32. The van der Waals surface area contributed by atoms with Crippen LogP contribution in [0.1, 0.15) is 58.8 Å². The second-order valence-electron chi connectivity index (χ2n) is 6.66. The van der Waals surface area contributed by atoms with Gasteiger partial charge >= 0.3 is 0 Å². The largest absolute Gasteiger partial charge is 0.303 e. The van der Waals surface area contributed by atoms with Crippen molar-refractivity contribution in [3.05, 3.63) is 0 Å². The van der Waals surface area contributed by atoms with Gasteiger partial charge in [-0.1, -0.05) is 13.3 Å². The van der Waals surface area contributed by atoms with E-state index in [0.29, 0.717) is 6.04 Å². The highest BCUT2D eigenvalue weighted by atomic mass is 15.1. The molecule has 1 saturated carbocycles. The van der Waals surface area contributed by atoms with Crippen molar-refractivity contribution in [1.82, 2.24) is 10.2 Å². The Morgan fingerprint density at radius 1 is 1.26 bits per heavy atom. The van der Waals surface area contributed by atoms with Gasteiger partial charge in [0.15, 0.2) is 0 Å². The van der Waals surface area contributed by atoms with Crippen LogP contribution in [0.4, 0.5) is 0 Å². The summed E-state index contributed by atoms with van der Waals surface area (Å²) in [4.78, 5) is 2.58. The molecule has 2 rings (SSSR count). The van der Waals surface area contributed by atoms with Crippen LogP contribution < -0.4 is 5.32 Å². The number of nitriles is 1. The van der Waals surface area contributed by atoms with Crippen LogP contribution in [0.2, 0.25) is 0 Å². The van der Waals surface area contributed by atoms with Crippen LogP contribution in [0.25, 0.3) is 0 Å². The van der Waals surface area contributed by atoms with E-state index in [0.717, 1.165) is 18.8 Å². The number of hydrogen-bond acceptors (Lipinski definition) is 3. The summed E-state index contributed by atoms with van der Waals surface area (Å²) in [6.07, 6.45) is 8.70. The SMILES string of the molecule is CCC1CCN(CCCC(C)(C#N)NC2CC2)CC1. The smallest absolute Gasteiger partial charge is 0.104 e. The van der Waals surface area contributed by atoms with Gasteiger partial charge in [0.25, 0.3) is 0 Å². The van der Waals surface area contributed by atoms with E-state index in [1.54, 1.807) is 0 Å². The minimum Gasteiger partial charge on any atom is -0.303 e. The molecule has 1 unspecified atom stereocenters. The second kappa shape index (κ2) is 6.72. The molecular weight excluding hydrogens is 234 g/mol. The molecule has 0 aromatic carbocycles. The number of nitrogens with one attached hydrogen (secondary N) is 1. The minimum atomic E-state index is -0.303. The van der Waals surface area contributed by atoms with Gasteiger partial charge in [0, 0.05) is 6.04 Å². The fraction of sp³-hybridized carbons (Fsp3) is 0.938. The summed E-state index contributed by atoms with van der Waals surface area (Å²) in [5.74, 6) is 0.956. The van der Waals surface area contributed by atoms with Crippen molar-refractivity contribution in [2.45, 2.75) is 70.4 Å². The average Bonchev–Trinajstić information content (AvgIpc) is 3.23. The quantitative estimate of drug-likeness (QED) is 0.767. The molecule has 1 atom stereocenters. The Morgan fingerprint density at radius 2 is 1.95 bits per heavy atom. The molecule has 1 N–H and O–H groups in total. The van der Waals surface area contributed by atoms with Crippen LogP contribution >= 0.6 is 0 Å². The van der Waals surface area contributed by atoms with Crippen molar-refractivity contribution in [2.75, 3.05) is 19.6 Å². The average molecular weight is 263 g/mol. The van der Waals surface area contributed by atoms with Gasteiger partial charge in [-0.3, -0.25) is 5.32 Å². The summed E-state index contributed by atoms with van der Waals surface area (Å²) in [6.45, 7) is 8.06. The molecule has 1 aliphatic carbocycles. The van der Waals surface area contributed by atoms with E-state index in [2.05, 4.69) is 30.1 Å². The van der Waals surface area contributed by atoms with Crippen molar-refractivity contribution >= 4 is 0 Å². The Kier molecular flexibility index (Phi) is 5.24. The molecule has 2 fully saturated rings. The third-order valence-electron chi connectivity index (χ3n) is 4.78. The summed E-state index contributed by atoms with van der Waals surface area (Å²) in [5.41, 5.74) is -0.303. The molecule has 0 radical (unpaired) electrons. The Labute approximate surface area is 118 Å². The van der Waals surface area contributed by atoms with Gasteiger partial charge in [-0.15, -0.1) is 0 Å². The predicted molar refractivity (Wildman–Crippen MR) is 78.9 cm³/mol. The second-order valence-corrected chi connectivity index (χ2v) is 6.66. The zero-order chi connectivity index (χ0) is 13.7. The maximum Gasteiger partial charge on any atom is 0.104 e. The summed E-state index contributed by atoms with van der Waals surface area (Å²) >= 11 is 0. The van der Waals surface area contributed by atoms with Crippen LogP contribution in [0.15, 0.2) is 0 Å². The molecule has 1 saturated heterocycles. The van der Waals surface area contributed by atoms with Crippen molar-refractivity contribution in [2.24, 2.45) is 5.92 Å². The summed E-state index contributed by atoms with van der Waals surface area (Å²) in [5, 5.41) is 12.8. The summed E-state index contributed by atoms with van der Waals surface area (Å²) in [6, 6.07) is 3.09. The van der Waals surface area contributed by atoms with E-state index in [9.17, 15) is 5.26 Å². The molecule has 1 aliphatic heterocycles. The zero-order valence-corrected chi connectivity index (χ0v) is 12.6. The number of rotatable bonds is 7. The van der Waals surface area contributed by atoms with Crippen LogP contribution in [-0.4, -0.2) is 36.1 Å².